The molecule has 0 bridgehead atoms. The van der Waals surface area contributed by atoms with Gasteiger partial charge in [0.1, 0.15) is 17.3 Å². The molecule has 0 radical (unpaired) electrons. The molecule has 0 spiro atoms. The van der Waals surface area contributed by atoms with Crippen molar-refractivity contribution in [2.45, 2.75) is 100 Å². The highest BCUT2D eigenvalue weighted by Crippen LogP contribution is 2.44. The smallest absolute Gasteiger partial charge is 0.137 e. The first-order valence-corrected chi connectivity index (χ1v) is 19.5. The Hall–Kier alpha value is -4.64. The van der Waals surface area contributed by atoms with E-state index in [-0.39, 0.29) is 0 Å². The minimum absolute atomic E-state index is 0.399. The lowest BCUT2D eigenvalue weighted by molar-refractivity contribution is 0.388. The first kappa shape index (κ1) is 35.7. The molecular formula is C47H56N4O. The van der Waals surface area contributed by atoms with Crippen LogP contribution in [0.2, 0.25) is 0 Å². The minimum Gasteiger partial charge on any atom is -0.457 e. The molecule has 0 aliphatic heterocycles. The molecule has 3 aromatic carbocycles. The second-order valence-corrected chi connectivity index (χ2v) is 16.5. The van der Waals surface area contributed by atoms with Crippen molar-refractivity contribution >= 4 is 21.8 Å². The topological polar surface area (TPSA) is 44.9 Å². The summed E-state index contributed by atoms with van der Waals surface area (Å²) in [4.78, 5) is 4.77. The fourth-order valence-corrected chi connectivity index (χ4v) is 8.62. The van der Waals surface area contributed by atoms with Crippen molar-refractivity contribution in [3.8, 4) is 23.0 Å². The largest absolute Gasteiger partial charge is 0.457 e. The van der Waals surface area contributed by atoms with E-state index in [2.05, 4.69) is 144 Å². The Balaban J connectivity index is 1.33. The van der Waals surface area contributed by atoms with Crippen molar-refractivity contribution in [3.05, 3.63) is 119 Å². The van der Waals surface area contributed by atoms with Crippen LogP contribution in [0.1, 0.15) is 102 Å². The van der Waals surface area contributed by atoms with Gasteiger partial charge in [-0.3, -0.25) is 4.57 Å². The van der Waals surface area contributed by atoms with Gasteiger partial charge in [-0.25, -0.2) is 9.67 Å². The van der Waals surface area contributed by atoms with E-state index in [1.54, 1.807) is 0 Å². The first-order chi connectivity index (χ1) is 25.0. The number of ether oxygens (including phenoxy) is 1. The fraction of sp³-hybridized carbons (Fsp3) is 0.404. The van der Waals surface area contributed by atoms with Gasteiger partial charge >= 0.3 is 0 Å². The Bertz CT molecular complexity index is 2250. The number of rotatable bonds is 11. The van der Waals surface area contributed by atoms with Crippen LogP contribution in [0.4, 0.5) is 0 Å². The predicted molar refractivity (Wildman–Crippen MR) is 217 cm³/mol. The predicted octanol–water partition coefficient (Wildman–Crippen LogP) is 12.7. The van der Waals surface area contributed by atoms with Crippen LogP contribution < -0.4 is 4.74 Å². The second kappa shape index (κ2) is 14.8. The van der Waals surface area contributed by atoms with Crippen LogP contribution in [-0.2, 0) is 12.8 Å². The van der Waals surface area contributed by atoms with Crippen LogP contribution in [0.5, 0.6) is 11.5 Å². The van der Waals surface area contributed by atoms with Gasteiger partial charge in [0.2, 0.25) is 0 Å². The zero-order chi connectivity index (χ0) is 36.7. The maximum absolute atomic E-state index is 6.77. The summed E-state index contributed by atoms with van der Waals surface area (Å²) in [5, 5.41) is 7.91. The number of nitrogens with zero attached hydrogens (tertiary/aromatic N) is 4. The van der Waals surface area contributed by atoms with E-state index in [0.717, 1.165) is 65.3 Å². The van der Waals surface area contributed by atoms with Crippen molar-refractivity contribution < 1.29 is 4.74 Å². The molecule has 1 unspecified atom stereocenters. The zero-order valence-electron chi connectivity index (χ0n) is 32.7. The molecule has 3 atom stereocenters. The van der Waals surface area contributed by atoms with Crippen LogP contribution in [0.3, 0.4) is 0 Å². The summed E-state index contributed by atoms with van der Waals surface area (Å²) < 4.78 is 11.3. The molecule has 0 saturated heterocycles. The molecule has 0 fully saturated rings. The standard InChI is InChI=1S/C47H56N4O/c1-29(2)14-18-41-47(46-34(8)22-32(6)23-35(46)9)43(19-15-30(3)4)51(49-41)36-24-33(7)25-38(27-36)52-37-16-17-40-39-12-10-11-13-42(39)50(44(40)28-37)45-26-31(5)20-21-48-45/h10-13,16-17,20-22,24-30,32,35,46H,14-15,18-19,23H2,1-9H3/t32-,35-,46?/m0/s1. The summed E-state index contributed by atoms with van der Waals surface area (Å²) in [7, 11) is 0. The summed E-state index contributed by atoms with van der Waals surface area (Å²) in [5.74, 6) is 5.33. The van der Waals surface area contributed by atoms with Gasteiger partial charge in [0.15, 0.2) is 0 Å². The maximum Gasteiger partial charge on any atom is 0.137 e. The number of allylic oxidation sites excluding steroid dienone is 2. The number of aryl methyl sites for hydroxylation is 3. The van der Waals surface area contributed by atoms with Crippen molar-refractivity contribution in [2.75, 3.05) is 0 Å². The molecule has 3 aromatic heterocycles. The van der Waals surface area contributed by atoms with Crippen molar-refractivity contribution in [1.82, 2.24) is 19.3 Å². The second-order valence-electron chi connectivity index (χ2n) is 16.5. The summed E-state index contributed by atoms with van der Waals surface area (Å²) in [6.45, 7) is 20.8. The van der Waals surface area contributed by atoms with E-state index in [4.69, 9.17) is 14.8 Å². The Morgan fingerprint density at radius 1 is 0.769 bits per heavy atom. The van der Waals surface area contributed by atoms with Gasteiger partial charge in [0.05, 0.1) is 22.4 Å². The van der Waals surface area contributed by atoms with E-state index < -0.39 is 0 Å². The van der Waals surface area contributed by atoms with Gasteiger partial charge in [-0.05, 0) is 130 Å². The highest BCUT2D eigenvalue weighted by Gasteiger charge is 2.33. The van der Waals surface area contributed by atoms with Gasteiger partial charge in [0.25, 0.3) is 0 Å². The van der Waals surface area contributed by atoms with Crippen molar-refractivity contribution in [2.24, 2.45) is 23.7 Å². The van der Waals surface area contributed by atoms with E-state index in [1.807, 2.05) is 12.3 Å². The molecule has 1 aliphatic rings. The number of aromatic nitrogens is 4. The van der Waals surface area contributed by atoms with E-state index in [0.29, 0.717) is 29.6 Å². The van der Waals surface area contributed by atoms with Gasteiger partial charge in [0, 0.05) is 46.3 Å². The normalized spacial score (nSPS) is 17.8. The monoisotopic (exact) mass is 692 g/mol. The molecule has 3 heterocycles. The Morgan fingerprint density at radius 3 is 2.27 bits per heavy atom. The van der Waals surface area contributed by atoms with Crippen molar-refractivity contribution in [3.63, 3.8) is 0 Å². The van der Waals surface area contributed by atoms with Crippen LogP contribution in [0.15, 0.2) is 90.6 Å². The van der Waals surface area contributed by atoms with E-state index in [9.17, 15) is 0 Å². The summed E-state index contributed by atoms with van der Waals surface area (Å²) >= 11 is 0. The molecular weight excluding hydrogens is 637 g/mol. The van der Waals surface area contributed by atoms with Gasteiger partial charge in [-0.15, -0.1) is 0 Å². The lowest BCUT2D eigenvalue weighted by atomic mass is 9.71. The number of hydrogen-bond donors (Lipinski definition) is 0. The van der Waals surface area contributed by atoms with E-state index >= 15 is 0 Å². The van der Waals surface area contributed by atoms with Gasteiger partial charge < -0.3 is 4.74 Å². The van der Waals surface area contributed by atoms with Crippen LogP contribution in [-0.4, -0.2) is 19.3 Å². The highest BCUT2D eigenvalue weighted by atomic mass is 16.5. The third kappa shape index (κ3) is 7.20. The molecule has 1 aliphatic carbocycles. The third-order valence-electron chi connectivity index (χ3n) is 11.0. The first-order valence-electron chi connectivity index (χ1n) is 19.5. The van der Waals surface area contributed by atoms with Gasteiger partial charge in [-0.1, -0.05) is 71.4 Å². The Kier molecular flexibility index (Phi) is 10.2. The third-order valence-corrected chi connectivity index (χ3v) is 11.0. The summed E-state index contributed by atoms with van der Waals surface area (Å²) in [6.07, 6.45) is 9.88. The Morgan fingerprint density at radius 2 is 1.52 bits per heavy atom. The lowest BCUT2D eigenvalue weighted by Gasteiger charge is -2.33. The molecule has 0 saturated carbocycles. The SMILES string of the molecule is CC1=C[C@H](C)C[C@H](C)C1c1c(CCC(C)C)nn(-c2cc(C)cc(Oc3ccc4c5ccccc5n(-c5cc(C)ccn5)c4c3)c2)c1CCC(C)C. The molecule has 5 heteroatoms. The zero-order valence-corrected chi connectivity index (χ0v) is 32.7. The number of pyridine rings is 1. The number of benzene rings is 3. The number of hydrogen-bond acceptors (Lipinski definition) is 3. The van der Waals surface area contributed by atoms with Crippen molar-refractivity contribution in [1.29, 1.82) is 0 Å². The molecule has 52 heavy (non-hydrogen) atoms. The number of fused-ring (bicyclic) bond motifs is 3. The quantitative estimate of drug-likeness (QED) is 0.127. The highest BCUT2D eigenvalue weighted by molar-refractivity contribution is 6.09. The molecule has 270 valence electrons. The Labute approximate surface area is 310 Å². The summed E-state index contributed by atoms with van der Waals surface area (Å²) in [5.41, 5.74) is 11.3. The maximum atomic E-state index is 6.77. The van der Waals surface area contributed by atoms with E-state index in [1.165, 1.54) is 45.3 Å². The fourth-order valence-electron chi connectivity index (χ4n) is 8.62. The lowest BCUT2D eigenvalue weighted by Crippen LogP contribution is -2.21. The van der Waals surface area contributed by atoms with Gasteiger partial charge in [-0.2, -0.15) is 5.10 Å². The van der Waals surface area contributed by atoms with Crippen LogP contribution >= 0.6 is 0 Å². The molecule has 6 aromatic rings. The summed E-state index contributed by atoms with van der Waals surface area (Å²) in [6, 6.07) is 25.8. The minimum atomic E-state index is 0.399. The average Bonchev–Trinajstić information content (AvgIpc) is 3.61. The molecule has 0 N–H and O–H groups in total. The van der Waals surface area contributed by atoms with Crippen LogP contribution in [0, 0.1) is 37.5 Å². The number of para-hydroxylation sites is 1. The average molecular weight is 693 g/mol. The molecule has 0 amide bonds. The van der Waals surface area contributed by atoms with Crippen LogP contribution in [0.25, 0.3) is 33.3 Å². The molecule has 5 nitrogen and oxygen atoms in total. The molecule has 7 rings (SSSR count).